The third-order valence-corrected chi connectivity index (χ3v) is 3.14. The number of nitro groups is 1. The molecule has 0 radical (unpaired) electrons. The highest BCUT2D eigenvalue weighted by atomic mass is 35.5. The molecule has 0 amide bonds. The average molecular weight is 287 g/mol. The maximum Gasteiger partial charge on any atom is 0.334 e. The van der Waals surface area contributed by atoms with Gasteiger partial charge < -0.3 is 14.7 Å². The number of carbonyl (C=O) groups is 1. The molecule has 0 aliphatic carbocycles. The molecule has 102 valence electrons. The first-order chi connectivity index (χ1) is 9.00. The third kappa shape index (κ3) is 2.77. The molecule has 1 heterocycles. The van der Waals surface area contributed by atoms with Crippen LogP contribution in [-0.4, -0.2) is 41.8 Å². The van der Waals surface area contributed by atoms with Crippen LogP contribution in [0.2, 0.25) is 5.02 Å². The van der Waals surface area contributed by atoms with E-state index in [0.29, 0.717) is 12.2 Å². The van der Waals surface area contributed by atoms with Crippen molar-refractivity contribution in [3.63, 3.8) is 0 Å². The fourth-order valence-electron chi connectivity index (χ4n) is 1.96. The van der Waals surface area contributed by atoms with E-state index >= 15 is 0 Å². The molecule has 1 atom stereocenters. The van der Waals surface area contributed by atoms with Crippen molar-refractivity contribution >= 4 is 28.9 Å². The Morgan fingerprint density at radius 3 is 2.95 bits per heavy atom. The lowest BCUT2D eigenvalue weighted by Crippen LogP contribution is -2.46. The number of benzene rings is 1. The summed E-state index contributed by atoms with van der Waals surface area (Å²) in [6.45, 7) is 0.627. The summed E-state index contributed by atoms with van der Waals surface area (Å²) in [4.78, 5) is 23.0. The third-order valence-electron chi connectivity index (χ3n) is 2.83. The summed E-state index contributed by atoms with van der Waals surface area (Å²) in [5.74, 6) is -1.09. The normalized spacial score (nSPS) is 19.2. The Kier molecular flexibility index (Phi) is 3.87. The van der Waals surface area contributed by atoms with Crippen molar-refractivity contribution < 1.29 is 19.6 Å². The number of nitro benzene ring substituents is 1. The van der Waals surface area contributed by atoms with Crippen LogP contribution in [0, 0.1) is 10.1 Å². The van der Waals surface area contributed by atoms with E-state index in [1.807, 2.05) is 0 Å². The van der Waals surface area contributed by atoms with Crippen molar-refractivity contribution in [2.75, 3.05) is 24.6 Å². The topological polar surface area (TPSA) is 92.9 Å². The Morgan fingerprint density at radius 2 is 2.32 bits per heavy atom. The van der Waals surface area contributed by atoms with Gasteiger partial charge in [0.25, 0.3) is 0 Å². The molecule has 0 spiro atoms. The largest absolute Gasteiger partial charge is 0.479 e. The van der Waals surface area contributed by atoms with Crippen LogP contribution in [0.25, 0.3) is 0 Å². The van der Waals surface area contributed by atoms with E-state index in [-0.39, 0.29) is 23.9 Å². The molecule has 8 heteroatoms. The van der Waals surface area contributed by atoms with Gasteiger partial charge in [-0.25, -0.2) is 4.79 Å². The number of ether oxygens (including phenoxy) is 1. The minimum atomic E-state index is -1.09. The molecule has 1 aromatic rings. The van der Waals surface area contributed by atoms with E-state index in [2.05, 4.69) is 0 Å². The van der Waals surface area contributed by atoms with Gasteiger partial charge in [0.1, 0.15) is 10.7 Å². The number of halogens is 1. The molecule has 2 rings (SSSR count). The number of carboxylic acid groups (broad SMARTS) is 1. The van der Waals surface area contributed by atoms with Crippen molar-refractivity contribution in [2.45, 2.75) is 6.10 Å². The molecule has 1 unspecified atom stereocenters. The second-order valence-corrected chi connectivity index (χ2v) is 4.42. The lowest BCUT2D eigenvalue weighted by Gasteiger charge is -2.32. The van der Waals surface area contributed by atoms with Gasteiger partial charge in [-0.15, -0.1) is 0 Å². The fraction of sp³-hybridized carbons (Fsp3) is 0.364. The first-order valence-corrected chi connectivity index (χ1v) is 5.90. The van der Waals surface area contributed by atoms with Crippen molar-refractivity contribution in [3.05, 3.63) is 33.3 Å². The number of nitrogens with zero attached hydrogens (tertiary/aromatic N) is 2. The highest BCUT2D eigenvalue weighted by Crippen LogP contribution is 2.35. The van der Waals surface area contributed by atoms with Crippen molar-refractivity contribution in [2.24, 2.45) is 0 Å². The Morgan fingerprint density at radius 1 is 1.58 bits per heavy atom. The molecule has 1 aliphatic heterocycles. The van der Waals surface area contributed by atoms with E-state index in [1.54, 1.807) is 17.0 Å². The van der Waals surface area contributed by atoms with Crippen LogP contribution in [0.3, 0.4) is 0 Å². The van der Waals surface area contributed by atoms with Gasteiger partial charge in [0.05, 0.1) is 18.1 Å². The van der Waals surface area contributed by atoms with E-state index in [0.717, 1.165) is 0 Å². The molecular weight excluding hydrogens is 276 g/mol. The second kappa shape index (κ2) is 5.41. The van der Waals surface area contributed by atoms with Gasteiger partial charge in [0.15, 0.2) is 6.10 Å². The highest BCUT2D eigenvalue weighted by molar-refractivity contribution is 6.33. The van der Waals surface area contributed by atoms with Crippen molar-refractivity contribution in [1.82, 2.24) is 0 Å². The molecule has 0 bridgehead atoms. The van der Waals surface area contributed by atoms with Crippen LogP contribution in [0.1, 0.15) is 0 Å². The van der Waals surface area contributed by atoms with Crippen LogP contribution < -0.4 is 4.90 Å². The van der Waals surface area contributed by atoms with Crippen LogP contribution in [0.5, 0.6) is 0 Å². The first kappa shape index (κ1) is 13.6. The van der Waals surface area contributed by atoms with Crippen molar-refractivity contribution in [3.8, 4) is 0 Å². The first-order valence-electron chi connectivity index (χ1n) is 5.53. The Labute approximate surface area is 113 Å². The molecule has 7 nitrogen and oxygen atoms in total. The number of rotatable bonds is 3. The summed E-state index contributed by atoms with van der Waals surface area (Å²) in [6.07, 6.45) is -0.993. The molecule has 1 saturated heterocycles. The zero-order chi connectivity index (χ0) is 14.0. The molecule has 1 aliphatic rings. The predicted octanol–water partition coefficient (Wildman–Crippen LogP) is 1.54. The standard InChI is InChI=1S/C11H11ClN2O5/c12-7-2-1-3-8(10(7)14(17)18)13-4-5-19-9(6-13)11(15)16/h1-3,9H,4-6H2,(H,15,16). The quantitative estimate of drug-likeness (QED) is 0.669. The highest BCUT2D eigenvalue weighted by Gasteiger charge is 2.30. The summed E-state index contributed by atoms with van der Waals surface area (Å²) in [5, 5.41) is 20.0. The van der Waals surface area contributed by atoms with Crippen molar-refractivity contribution in [1.29, 1.82) is 0 Å². The van der Waals surface area contributed by atoms with Gasteiger partial charge in [-0.2, -0.15) is 0 Å². The summed E-state index contributed by atoms with van der Waals surface area (Å²) >= 11 is 5.83. The zero-order valence-electron chi connectivity index (χ0n) is 9.78. The van der Waals surface area contributed by atoms with Crippen LogP contribution in [-0.2, 0) is 9.53 Å². The lowest BCUT2D eigenvalue weighted by molar-refractivity contribution is -0.384. The van der Waals surface area contributed by atoms with Gasteiger partial charge in [-0.05, 0) is 12.1 Å². The molecule has 0 aromatic heterocycles. The molecule has 0 saturated carbocycles. The number of morpholine rings is 1. The van der Waals surface area contributed by atoms with Gasteiger partial charge in [0.2, 0.25) is 0 Å². The minimum absolute atomic E-state index is 0.0286. The van der Waals surface area contributed by atoms with Gasteiger partial charge >= 0.3 is 11.7 Å². The monoisotopic (exact) mass is 286 g/mol. The molecule has 1 N–H and O–H groups in total. The zero-order valence-corrected chi connectivity index (χ0v) is 10.5. The molecular formula is C11H11ClN2O5. The predicted molar refractivity (Wildman–Crippen MR) is 67.7 cm³/mol. The summed E-state index contributed by atoms with van der Waals surface area (Å²) < 4.78 is 5.08. The molecule has 1 aromatic carbocycles. The van der Waals surface area contributed by atoms with E-state index in [1.165, 1.54) is 6.07 Å². The number of carboxylic acids is 1. The van der Waals surface area contributed by atoms with E-state index in [9.17, 15) is 14.9 Å². The average Bonchev–Trinajstić information content (AvgIpc) is 2.38. The fourth-order valence-corrected chi connectivity index (χ4v) is 2.20. The number of aliphatic carboxylic acids is 1. The lowest BCUT2D eigenvalue weighted by atomic mass is 10.2. The number of anilines is 1. The maximum absolute atomic E-state index is 11.0. The summed E-state index contributed by atoms with van der Waals surface area (Å²) in [5.41, 5.74) is 0.0993. The molecule has 19 heavy (non-hydrogen) atoms. The smallest absolute Gasteiger partial charge is 0.334 e. The number of para-hydroxylation sites is 1. The molecule has 1 fully saturated rings. The van der Waals surface area contributed by atoms with Gasteiger partial charge in [-0.3, -0.25) is 10.1 Å². The van der Waals surface area contributed by atoms with Gasteiger partial charge in [0, 0.05) is 6.54 Å². The maximum atomic E-state index is 11.0. The van der Waals surface area contributed by atoms with E-state index < -0.39 is 17.0 Å². The number of hydrogen-bond acceptors (Lipinski definition) is 5. The Bertz CT molecular complexity index is 522. The Hall–Kier alpha value is -1.86. The summed E-state index contributed by atoms with van der Waals surface area (Å²) in [7, 11) is 0. The summed E-state index contributed by atoms with van der Waals surface area (Å²) in [6, 6.07) is 4.57. The van der Waals surface area contributed by atoms with Gasteiger partial charge in [-0.1, -0.05) is 17.7 Å². The SMILES string of the molecule is O=C(O)C1CN(c2cccc(Cl)c2[N+](=O)[O-])CCO1. The van der Waals surface area contributed by atoms with E-state index in [4.69, 9.17) is 21.4 Å². The van der Waals surface area contributed by atoms with Crippen LogP contribution in [0.15, 0.2) is 18.2 Å². The van der Waals surface area contributed by atoms with Crippen LogP contribution >= 0.6 is 11.6 Å². The number of hydrogen-bond donors (Lipinski definition) is 1. The minimum Gasteiger partial charge on any atom is -0.479 e. The van der Waals surface area contributed by atoms with Crippen LogP contribution in [0.4, 0.5) is 11.4 Å². The Balaban J connectivity index is 2.34. The second-order valence-electron chi connectivity index (χ2n) is 4.01.